The molecule has 0 aromatic carbocycles. The lowest BCUT2D eigenvalue weighted by molar-refractivity contribution is -0.142. The normalized spacial score (nSPS) is 38.1. The Morgan fingerprint density at radius 1 is 1.00 bits per heavy atom. The van der Waals surface area contributed by atoms with E-state index in [1.165, 1.54) is 0 Å². The third kappa shape index (κ3) is 2.76. The Morgan fingerprint density at radius 3 is 2.20 bits per heavy atom. The number of piperidine rings is 1. The van der Waals surface area contributed by atoms with Crippen molar-refractivity contribution in [1.82, 2.24) is 9.80 Å². The summed E-state index contributed by atoms with van der Waals surface area (Å²) in [5.74, 6) is -0.167. The van der Waals surface area contributed by atoms with Gasteiger partial charge in [-0.05, 0) is 31.1 Å². The van der Waals surface area contributed by atoms with E-state index >= 15 is 0 Å². The molecule has 1 N–H and O–H groups in total. The van der Waals surface area contributed by atoms with Gasteiger partial charge < -0.3 is 14.9 Å². The van der Waals surface area contributed by atoms with E-state index in [2.05, 4.69) is 20.8 Å². The average Bonchev–Trinajstić information content (AvgIpc) is 2.75. The van der Waals surface area contributed by atoms with Crippen molar-refractivity contribution < 1.29 is 14.7 Å². The number of hydrogen-bond donors (Lipinski definition) is 1. The average molecular weight is 282 g/mol. The maximum Gasteiger partial charge on any atom is 0.320 e. The van der Waals surface area contributed by atoms with E-state index in [4.69, 9.17) is 0 Å². The number of hydrogen-bond acceptors (Lipinski definition) is 2. The maximum absolute atomic E-state index is 12.7. The van der Waals surface area contributed by atoms with E-state index in [1.54, 1.807) is 4.90 Å². The summed E-state index contributed by atoms with van der Waals surface area (Å²) in [6.45, 7) is 10.1. The second kappa shape index (κ2) is 5.62. The first-order valence-electron chi connectivity index (χ1n) is 7.59. The quantitative estimate of drug-likeness (QED) is 0.801. The molecule has 0 saturated carbocycles. The molecule has 114 valence electrons. The van der Waals surface area contributed by atoms with Crippen molar-refractivity contribution in [2.75, 3.05) is 19.6 Å². The molecular weight excluding hydrogens is 256 g/mol. The van der Waals surface area contributed by atoms with Crippen LogP contribution in [0.3, 0.4) is 0 Å². The Labute approximate surface area is 120 Å². The van der Waals surface area contributed by atoms with Gasteiger partial charge in [0, 0.05) is 25.7 Å². The summed E-state index contributed by atoms with van der Waals surface area (Å²) >= 11 is 0. The molecule has 3 unspecified atom stereocenters. The van der Waals surface area contributed by atoms with Crippen LogP contribution in [0.15, 0.2) is 0 Å². The third-order valence-corrected chi connectivity index (χ3v) is 5.04. The number of amides is 2. The fourth-order valence-electron chi connectivity index (χ4n) is 3.59. The van der Waals surface area contributed by atoms with Gasteiger partial charge >= 0.3 is 12.0 Å². The van der Waals surface area contributed by atoms with Gasteiger partial charge in [-0.25, -0.2) is 4.79 Å². The number of aliphatic carboxylic acids is 1. The molecule has 0 aromatic heterocycles. The highest BCUT2D eigenvalue weighted by molar-refractivity contribution is 5.78. The molecule has 5 atom stereocenters. The predicted octanol–water partition coefficient (Wildman–Crippen LogP) is 2.13. The summed E-state index contributed by atoms with van der Waals surface area (Å²) in [5.41, 5.74) is 0. The highest BCUT2D eigenvalue weighted by Crippen LogP contribution is 2.30. The van der Waals surface area contributed by atoms with Crippen LogP contribution in [-0.2, 0) is 4.79 Å². The first-order valence-corrected chi connectivity index (χ1v) is 7.59. The summed E-state index contributed by atoms with van der Waals surface area (Å²) in [7, 11) is 0. The van der Waals surface area contributed by atoms with E-state index in [0.29, 0.717) is 24.9 Å². The second-order valence-corrected chi connectivity index (χ2v) is 6.82. The minimum Gasteiger partial charge on any atom is -0.481 e. The van der Waals surface area contributed by atoms with Crippen molar-refractivity contribution in [3.63, 3.8) is 0 Å². The van der Waals surface area contributed by atoms with Crippen LogP contribution in [0, 0.1) is 23.7 Å². The minimum absolute atomic E-state index is 0.0199. The SMILES string of the molecule is CC1CC(C)C(C)N(C(=O)N2C[C@@H](C)[C@H](C(=O)O)C2)C1. The highest BCUT2D eigenvalue weighted by atomic mass is 16.4. The van der Waals surface area contributed by atoms with Gasteiger partial charge in [-0.3, -0.25) is 4.79 Å². The van der Waals surface area contributed by atoms with Crippen molar-refractivity contribution in [3.8, 4) is 0 Å². The van der Waals surface area contributed by atoms with Gasteiger partial charge in [0.1, 0.15) is 0 Å². The Hall–Kier alpha value is -1.26. The molecule has 0 aromatic rings. The van der Waals surface area contributed by atoms with Crippen molar-refractivity contribution in [2.24, 2.45) is 23.7 Å². The van der Waals surface area contributed by atoms with Gasteiger partial charge in [0.2, 0.25) is 0 Å². The summed E-state index contributed by atoms with van der Waals surface area (Å²) in [5, 5.41) is 9.18. The third-order valence-electron chi connectivity index (χ3n) is 5.04. The molecule has 2 fully saturated rings. The smallest absolute Gasteiger partial charge is 0.320 e. The van der Waals surface area contributed by atoms with Crippen LogP contribution in [0.5, 0.6) is 0 Å². The number of likely N-dealkylation sites (tertiary alicyclic amines) is 2. The van der Waals surface area contributed by atoms with Crippen LogP contribution < -0.4 is 0 Å². The Balaban J connectivity index is 2.06. The van der Waals surface area contributed by atoms with Gasteiger partial charge in [-0.2, -0.15) is 0 Å². The summed E-state index contributed by atoms with van der Waals surface area (Å²) in [6, 6.07) is 0.254. The van der Waals surface area contributed by atoms with Gasteiger partial charge in [0.25, 0.3) is 0 Å². The fraction of sp³-hybridized carbons (Fsp3) is 0.867. The van der Waals surface area contributed by atoms with E-state index in [-0.39, 0.29) is 18.0 Å². The topological polar surface area (TPSA) is 60.9 Å². The van der Waals surface area contributed by atoms with Crippen LogP contribution >= 0.6 is 0 Å². The zero-order valence-electron chi connectivity index (χ0n) is 12.9. The predicted molar refractivity (Wildman–Crippen MR) is 76.4 cm³/mol. The van der Waals surface area contributed by atoms with Gasteiger partial charge in [-0.1, -0.05) is 20.8 Å². The summed E-state index contributed by atoms with van der Waals surface area (Å²) in [4.78, 5) is 27.5. The van der Waals surface area contributed by atoms with Crippen LogP contribution in [0.25, 0.3) is 0 Å². The summed E-state index contributed by atoms with van der Waals surface area (Å²) < 4.78 is 0. The van der Waals surface area contributed by atoms with E-state index in [9.17, 15) is 14.7 Å². The van der Waals surface area contributed by atoms with Crippen molar-refractivity contribution >= 4 is 12.0 Å². The van der Waals surface area contributed by atoms with Crippen LogP contribution in [-0.4, -0.2) is 52.6 Å². The largest absolute Gasteiger partial charge is 0.481 e. The van der Waals surface area contributed by atoms with Crippen LogP contribution in [0.4, 0.5) is 4.79 Å². The minimum atomic E-state index is -0.791. The molecule has 2 aliphatic rings. The number of rotatable bonds is 1. The standard InChI is InChI=1S/C15H26N2O3/c1-9-5-10(2)12(4)17(6-9)15(20)16-7-11(3)13(8-16)14(18)19/h9-13H,5-8H2,1-4H3,(H,18,19)/t9?,10?,11-,12?,13-/m1/s1. The Kier molecular flexibility index (Phi) is 4.25. The molecule has 5 heteroatoms. The fourth-order valence-corrected chi connectivity index (χ4v) is 3.59. The number of carbonyl (C=O) groups excluding carboxylic acids is 1. The van der Waals surface area contributed by atoms with Gasteiger partial charge in [0.15, 0.2) is 0 Å². The molecule has 0 aliphatic carbocycles. The molecule has 0 radical (unpaired) electrons. The molecule has 2 rings (SSSR count). The lowest BCUT2D eigenvalue weighted by Crippen LogP contribution is -2.53. The van der Waals surface area contributed by atoms with Crippen molar-refractivity contribution in [1.29, 1.82) is 0 Å². The Bertz CT molecular complexity index is 399. The van der Waals surface area contributed by atoms with Crippen LogP contribution in [0.2, 0.25) is 0 Å². The summed E-state index contributed by atoms with van der Waals surface area (Å²) in [6.07, 6.45) is 1.15. The number of urea groups is 1. The molecule has 2 saturated heterocycles. The Morgan fingerprint density at radius 2 is 1.65 bits per heavy atom. The monoisotopic (exact) mass is 282 g/mol. The van der Waals surface area contributed by atoms with Crippen molar-refractivity contribution in [2.45, 2.75) is 40.2 Å². The van der Waals surface area contributed by atoms with Gasteiger partial charge in [-0.15, -0.1) is 0 Å². The lowest BCUT2D eigenvalue weighted by Gasteiger charge is -2.42. The lowest BCUT2D eigenvalue weighted by atomic mass is 9.86. The molecule has 2 amide bonds. The van der Waals surface area contributed by atoms with Crippen LogP contribution in [0.1, 0.15) is 34.1 Å². The van der Waals surface area contributed by atoms with E-state index in [0.717, 1.165) is 13.0 Å². The number of carbonyl (C=O) groups is 2. The molecule has 0 spiro atoms. The molecule has 5 nitrogen and oxygen atoms in total. The van der Waals surface area contributed by atoms with E-state index < -0.39 is 11.9 Å². The number of nitrogens with zero attached hydrogens (tertiary/aromatic N) is 2. The molecule has 20 heavy (non-hydrogen) atoms. The number of carboxylic acids is 1. The molecule has 2 aliphatic heterocycles. The maximum atomic E-state index is 12.7. The van der Waals surface area contributed by atoms with E-state index in [1.807, 2.05) is 11.8 Å². The molecule has 2 heterocycles. The first kappa shape index (κ1) is 15.1. The zero-order valence-corrected chi connectivity index (χ0v) is 12.9. The zero-order chi connectivity index (χ0) is 15.0. The molecular formula is C15H26N2O3. The second-order valence-electron chi connectivity index (χ2n) is 6.82. The highest BCUT2D eigenvalue weighted by Gasteiger charge is 2.41. The van der Waals surface area contributed by atoms with Gasteiger partial charge in [0.05, 0.1) is 5.92 Å². The van der Waals surface area contributed by atoms with Crippen molar-refractivity contribution in [3.05, 3.63) is 0 Å². The molecule has 0 bridgehead atoms. The number of carboxylic acid groups (broad SMARTS) is 1. The first-order chi connectivity index (χ1) is 9.31.